The SMILES string of the molecule is CC1CCCC(NS(=O)(=O)c2ccc(CN)nc2)C1C. The predicted molar refractivity (Wildman–Crippen MR) is 78.4 cm³/mol. The van der Waals surface area contributed by atoms with Gasteiger partial charge in [0.15, 0.2) is 0 Å². The summed E-state index contributed by atoms with van der Waals surface area (Å²) in [7, 11) is -3.49. The van der Waals surface area contributed by atoms with Crippen LogP contribution in [0.25, 0.3) is 0 Å². The molecule has 0 bridgehead atoms. The highest BCUT2D eigenvalue weighted by Gasteiger charge is 2.30. The van der Waals surface area contributed by atoms with Crippen LogP contribution in [0.1, 0.15) is 38.8 Å². The Hall–Kier alpha value is -0.980. The number of sulfonamides is 1. The first-order chi connectivity index (χ1) is 9.44. The number of nitrogens with one attached hydrogen (secondary N) is 1. The van der Waals surface area contributed by atoms with Crippen LogP contribution in [-0.4, -0.2) is 19.4 Å². The molecule has 20 heavy (non-hydrogen) atoms. The minimum atomic E-state index is -3.49. The second-order valence-corrected chi connectivity index (χ2v) is 7.40. The number of hydrogen-bond acceptors (Lipinski definition) is 4. The fourth-order valence-corrected chi connectivity index (χ4v) is 4.01. The van der Waals surface area contributed by atoms with Crippen LogP contribution in [0.5, 0.6) is 0 Å². The summed E-state index contributed by atoms with van der Waals surface area (Å²) >= 11 is 0. The molecule has 1 fully saturated rings. The molecule has 1 aromatic rings. The molecule has 1 aliphatic carbocycles. The smallest absolute Gasteiger partial charge is 0.242 e. The van der Waals surface area contributed by atoms with Gasteiger partial charge in [-0.15, -0.1) is 0 Å². The first kappa shape index (κ1) is 15.4. The molecule has 0 aliphatic heterocycles. The van der Waals surface area contributed by atoms with Crippen molar-refractivity contribution in [1.82, 2.24) is 9.71 Å². The molecule has 3 atom stereocenters. The van der Waals surface area contributed by atoms with Crippen LogP contribution in [0.3, 0.4) is 0 Å². The Morgan fingerprint density at radius 1 is 1.35 bits per heavy atom. The number of hydrogen-bond donors (Lipinski definition) is 2. The third-order valence-corrected chi connectivity index (χ3v) is 5.81. The fourth-order valence-electron chi connectivity index (χ4n) is 2.71. The fraction of sp³-hybridized carbons (Fsp3) is 0.643. The van der Waals surface area contributed by atoms with Gasteiger partial charge < -0.3 is 5.73 Å². The normalized spacial score (nSPS) is 27.4. The molecule has 0 saturated heterocycles. The Labute approximate surface area is 121 Å². The topological polar surface area (TPSA) is 85.1 Å². The second-order valence-electron chi connectivity index (χ2n) is 5.68. The van der Waals surface area contributed by atoms with E-state index in [9.17, 15) is 8.42 Å². The molecule has 3 unspecified atom stereocenters. The van der Waals surface area contributed by atoms with Crippen molar-refractivity contribution >= 4 is 10.0 Å². The summed E-state index contributed by atoms with van der Waals surface area (Å²) in [6.07, 6.45) is 4.52. The van der Waals surface area contributed by atoms with E-state index in [1.54, 1.807) is 12.1 Å². The first-order valence-electron chi connectivity index (χ1n) is 7.11. The van der Waals surface area contributed by atoms with Gasteiger partial charge in [-0.25, -0.2) is 13.1 Å². The summed E-state index contributed by atoms with van der Waals surface area (Å²) in [6.45, 7) is 4.61. The quantitative estimate of drug-likeness (QED) is 0.885. The van der Waals surface area contributed by atoms with Crippen LogP contribution in [0.15, 0.2) is 23.2 Å². The number of pyridine rings is 1. The van der Waals surface area contributed by atoms with Gasteiger partial charge in [0.05, 0.1) is 5.69 Å². The summed E-state index contributed by atoms with van der Waals surface area (Å²) in [5, 5.41) is 0. The van der Waals surface area contributed by atoms with Crippen LogP contribution in [0.2, 0.25) is 0 Å². The second kappa shape index (κ2) is 6.20. The van der Waals surface area contributed by atoms with E-state index < -0.39 is 10.0 Å². The molecule has 0 spiro atoms. The zero-order chi connectivity index (χ0) is 14.8. The van der Waals surface area contributed by atoms with Crippen LogP contribution in [-0.2, 0) is 16.6 Å². The van der Waals surface area contributed by atoms with Crippen molar-refractivity contribution in [2.45, 2.75) is 50.6 Å². The number of nitrogens with zero attached hydrogens (tertiary/aromatic N) is 1. The number of nitrogens with two attached hydrogens (primary N) is 1. The van der Waals surface area contributed by atoms with E-state index in [4.69, 9.17) is 5.73 Å². The molecule has 5 nitrogen and oxygen atoms in total. The Bertz CT molecular complexity index is 542. The van der Waals surface area contributed by atoms with Crippen molar-refractivity contribution in [2.75, 3.05) is 0 Å². The van der Waals surface area contributed by atoms with Crippen LogP contribution in [0.4, 0.5) is 0 Å². The zero-order valence-corrected chi connectivity index (χ0v) is 12.9. The lowest BCUT2D eigenvalue weighted by Gasteiger charge is -2.34. The van der Waals surface area contributed by atoms with Gasteiger partial charge in [0, 0.05) is 18.8 Å². The standard InChI is InChI=1S/C14H23N3O2S/c1-10-4-3-5-14(11(10)2)17-20(18,19)13-7-6-12(8-15)16-9-13/h6-7,9-11,14,17H,3-5,8,15H2,1-2H3. The lowest BCUT2D eigenvalue weighted by Crippen LogP contribution is -2.43. The lowest BCUT2D eigenvalue weighted by atomic mass is 9.78. The summed E-state index contributed by atoms with van der Waals surface area (Å²) in [5.74, 6) is 0.906. The molecule has 2 rings (SSSR count). The van der Waals surface area contributed by atoms with E-state index in [0.29, 0.717) is 24.1 Å². The van der Waals surface area contributed by atoms with Crippen molar-refractivity contribution in [3.05, 3.63) is 24.0 Å². The minimum Gasteiger partial charge on any atom is -0.325 e. The van der Waals surface area contributed by atoms with Gasteiger partial charge >= 0.3 is 0 Å². The minimum absolute atomic E-state index is 0.0120. The van der Waals surface area contributed by atoms with Crippen molar-refractivity contribution in [2.24, 2.45) is 17.6 Å². The molecule has 112 valence electrons. The maximum absolute atomic E-state index is 12.4. The number of aromatic nitrogens is 1. The summed E-state index contributed by atoms with van der Waals surface area (Å²) in [5.41, 5.74) is 6.15. The maximum Gasteiger partial charge on any atom is 0.242 e. The summed E-state index contributed by atoms with van der Waals surface area (Å²) < 4.78 is 27.6. The predicted octanol–water partition coefficient (Wildman–Crippen LogP) is 1.64. The van der Waals surface area contributed by atoms with Crippen LogP contribution < -0.4 is 10.5 Å². The molecule has 1 heterocycles. The van der Waals surface area contributed by atoms with Crippen molar-refractivity contribution in [1.29, 1.82) is 0 Å². The number of rotatable bonds is 4. The van der Waals surface area contributed by atoms with E-state index >= 15 is 0 Å². The molecule has 6 heteroatoms. The average molecular weight is 297 g/mol. The Balaban J connectivity index is 2.13. The van der Waals surface area contributed by atoms with Gasteiger partial charge in [-0.2, -0.15) is 0 Å². The molecule has 1 aromatic heterocycles. The van der Waals surface area contributed by atoms with Gasteiger partial charge in [0.2, 0.25) is 10.0 Å². The third kappa shape index (κ3) is 3.37. The molecule has 0 aromatic carbocycles. The molecule has 0 amide bonds. The van der Waals surface area contributed by atoms with Gasteiger partial charge in [-0.1, -0.05) is 26.7 Å². The molecule has 1 aliphatic rings. The van der Waals surface area contributed by atoms with Gasteiger partial charge in [0.25, 0.3) is 0 Å². The van der Waals surface area contributed by atoms with E-state index in [0.717, 1.165) is 12.8 Å². The van der Waals surface area contributed by atoms with Crippen LogP contribution in [0, 0.1) is 11.8 Å². The molecule has 0 radical (unpaired) electrons. The monoisotopic (exact) mass is 297 g/mol. The summed E-state index contributed by atoms with van der Waals surface area (Å²) in [6, 6.07) is 3.23. The molecular weight excluding hydrogens is 274 g/mol. The third-order valence-electron chi connectivity index (χ3n) is 4.33. The highest BCUT2D eigenvalue weighted by Crippen LogP contribution is 2.30. The average Bonchev–Trinajstić information content (AvgIpc) is 2.44. The lowest BCUT2D eigenvalue weighted by molar-refractivity contribution is 0.227. The largest absolute Gasteiger partial charge is 0.325 e. The van der Waals surface area contributed by atoms with E-state index in [1.165, 1.54) is 12.6 Å². The van der Waals surface area contributed by atoms with E-state index in [1.807, 2.05) is 0 Å². The van der Waals surface area contributed by atoms with Crippen molar-refractivity contribution < 1.29 is 8.42 Å². The van der Waals surface area contributed by atoms with E-state index in [-0.39, 0.29) is 10.9 Å². The van der Waals surface area contributed by atoms with E-state index in [2.05, 4.69) is 23.6 Å². The molecule has 3 N–H and O–H groups in total. The van der Waals surface area contributed by atoms with Crippen molar-refractivity contribution in [3.63, 3.8) is 0 Å². The Morgan fingerprint density at radius 2 is 2.10 bits per heavy atom. The van der Waals surface area contributed by atoms with Gasteiger partial charge in [-0.05, 0) is 30.4 Å². The van der Waals surface area contributed by atoms with Gasteiger partial charge in [0.1, 0.15) is 4.90 Å². The Morgan fingerprint density at radius 3 is 2.70 bits per heavy atom. The zero-order valence-electron chi connectivity index (χ0n) is 12.0. The van der Waals surface area contributed by atoms with Crippen LogP contribution >= 0.6 is 0 Å². The van der Waals surface area contributed by atoms with Crippen molar-refractivity contribution in [3.8, 4) is 0 Å². The highest BCUT2D eigenvalue weighted by molar-refractivity contribution is 7.89. The molecule has 1 saturated carbocycles. The maximum atomic E-state index is 12.4. The summed E-state index contributed by atoms with van der Waals surface area (Å²) in [4.78, 5) is 4.25. The Kier molecular flexibility index (Phi) is 4.78. The molecular formula is C14H23N3O2S. The van der Waals surface area contributed by atoms with Gasteiger partial charge in [-0.3, -0.25) is 4.98 Å². The first-order valence-corrected chi connectivity index (χ1v) is 8.59. The highest BCUT2D eigenvalue weighted by atomic mass is 32.2.